The third-order valence-corrected chi connectivity index (χ3v) is 6.15. The van der Waals surface area contributed by atoms with Crippen LogP contribution in [-0.4, -0.2) is 35.4 Å². The lowest BCUT2D eigenvalue weighted by Gasteiger charge is -2.25. The zero-order chi connectivity index (χ0) is 24.4. The van der Waals surface area contributed by atoms with Crippen LogP contribution in [0.5, 0.6) is 0 Å². The molecule has 1 aliphatic heterocycles. The van der Waals surface area contributed by atoms with E-state index in [9.17, 15) is 22.8 Å². The molecule has 10 heteroatoms. The van der Waals surface area contributed by atoms with E-state index < -0.39 is 35.8 Å². The van der Waals surface area contributed by atoms with Crippen LogP contribution in [0.25, 0.3) is 5.57 Å². The van der Waals surface area contributed by atoms with Crippen molar-refractivity contribution in [2.45, 2.75) is 50.7 Å². The van der Waals surface area contributed by atoms with E-state index in [-0.39, 0.29) is 17.5 Å². The molecule has 0 saturated heterocycles. The summed E-state index contributed by atoms with van der Waals surface area (Å²) in [6, 6.07) is 4.94. The normalized spacial score (nSPS) is 20.4. The third-order valence-electron chi connectivity index (χ3n) is 6.15. The molecule has 1 aromatic heterocycles. The number of carbonyl (C=O) groups is 2. The first-order valence-corrected chi connectivity index (χ1v) is 11.1. The summed E-state index contributed by atoms with van der Waals surface area (Å²) >= 11 is 0. The molecule has 0 bridgehead atoms. The lowest BCUT2D eigenvalue weighted by Crippen LogP contribution is -2.52. The van der Waals surface area contributed by atoms with E-state index in [2.05, 4.69) is 20.9 Å². The second kappa shape index (κ2) is 9.84. The molecule has 2 amide bonds. The van der Waals surface area contributed by atoms with E-state index in [0.717, 1.165) is 23.4 Å². The second-order valence-electron chi connectivity index (χ2n) is 8.51. The molecule has 1 aliphatic carbocycles. The predicted molar refractivity (Wildman–Crippen MR) is 121 cm³/mol. The molecule has 7 nitrogen and oxygen atoms in total. The number of halogens is 3. The van der Waals surface area contributed by atoms with Gasteiger partial charge in [0, 0.05) is 17.8 Å². The fourth-order valence-corrected chi connectivity index (χ4v) is 4.40. The van der Waals surface area contributed by atoms with Gasteiger partial charge in [-0.05, 0) is 61.1 Å². The molecular weight excluding hydrogens is 447 g/mol. The van der Waals surface area contributed by atoms with Crippen molar-refractivity contribution in [3.8, 4) is 0 Å². The summed E-state index contributed by atoms with van der Waals surface area (Å²) in [4.78, 5) is 29.8. The summed E-state index contributed by atoms with van der Waals surface area (Å²) in [7, 11) is 0. The van der Waals surface area contributed by atoms with Crippen molar-refractivity contribution in [3.63, 3.8) is 0 Å². The number of fused-ring (bicyclic) bond motifs is 1. The second-order valence-corrected chi connectivity index (χ2v) is 8.51. The monoisotopic (exact) mass is 473 g/mol. The van der Waals surface area contributed by atoms with Crippen molar-refractivity contribution in [1.82, 2.24) is 20.9 Å². The number of hydrogen-bond donors (Lipinski definition) is 4. The van der Waals surface area contributed by atoms with Gasteiger partial charge in [-0.15, -0.1) is 0 Å². The van der Waals surface area contributed by atoms with Crippen LogP contribution in [0.15, 0.2) is 36.4 Å². The maximum Gasteiger partial charge on any atom is 0.264 e. The van der Waals surface area contributed by atoms with Crippen molar-refractivity contribution < 1.29 is 22.8 Å². The van der Waals surface area contributed by atoms with Crippen molar-refractivity contribution in [1.29, 1.82) is 0 Å². The van der Waals surface area contributed by atoms with Crippen LogP contribution in [0.2, 0.25) is 0 Å². The van der Waals surface area contributed by atoms with Gasteiger partial charge in [-0.25, -0.2) is 18.2 Å². The number of carbonyl (C=O) groups excluding carboxylic acids is 2. The van der Waals surface area contributed by atoms with Gasteiger partial charge in [-0.3, -0.25) is 9.59 Å². The van der Waals surface area contributed by atoms with E-state index in [0.29, 0.717) is 37.2 Å². The Morgan fingerprint density at radius 2 is 2.00 bits per heavy atom. The summed E-state index contributed by atoms with van der Waals surface area (Å²) in [6.45, 7) is 1.95. The Kier molecular flexibility index (Phi) is 6.87. The highest BCUT2D eigenvalue weighted by Gasteiger charge is 2.29. The van der Waals surface area contributed by atoms with Crippen LogP contribution in [0.3, 0.4) is 0 Å². The number of nitrogens with two attached hydrogens (primary N) is 1. The van der Waals surface area contributed by atoms with Crippen molar-refractivity contribution >= 4 is 23.2 Å². The van der Waals surface area contributed by atoms with Gasteiger partial charge in [0.25, 0.3) is 6.43 Å². The fraction of sp³-hybridized carbons (Fsp3) is 0.375. The Hall–Kier alpha value is -3.40. The summed E-state index contributed by atoms with van der Waals surface area (Å²) in [5.41, 5.74) is 7.83. The number of benzene rings is 1. The number of pyridine rings is 1. The van der Waals surface area contributed by atoms with Crippen LogP contribution in [0.4, 0.5) is 19.0 Å². The molecule has 0 spiro atoms. The first-order chi connectivity index (χ1) is 16.2. The van der Waals surface area contributed by atoms with E-state index in [4.69, 9.17) is 5.73 Å². The van der Waals surface area contributed by atoms with E-state index in [1.165, 1.54) is 6.07 Å². The molecule has 1 unspecified atom stereocenters. The molecule has 2 aromatic rings. The van der Waals surface area contributed by atoms with E-state index >= 15 is 0 Å². The lowest BCUT2D eigenvalue weighted by molar-refractivity contribution is -0.129. The van der Waals surface area contributed by atoms with Gasteiger partial charge < -0.3 is 21.7 Å². The number of aromatic nitrogens is 1. The number of aryl methyl sites for hydroxylation is 1. The Labute approximate surface area is 195 Å². The highest BCUT2D eigenvalue weighted by atomic mass is 19.3. The van der Waals surface area contributed by atoms with Gasteiger partial charge in [0.1, 0.15) is 23.7 Å². The first-order valence-electron chi connectivity index (χ1n) is 11.1. The van der Waals surface area contributed by atoms with Crippen molar-refractivity contribution in [2.75, 3.05) is 12.3 Å². The van der Waals surface area contributed by atoms with Gasteiger partial charge >= 0.3 is 0 Å². The predicted octanol–water partition coefficient (Wildman–Crippen LogP) is 2.79. The molecule has 0 radical (unpaired) electrons. The Bertz CT molecular complexity index is 1140. The van der Waals surface area contributed by atoms with Crippen LogP contribution < -0.4 is 21.7 Å². The van der Waals surface area contributed by atoms with Crippen LogP contribution in [0.1, 0.15) is 54.6 Å². The number of nitrogens with one attached hydrogen (secondary N) is 3. The molecule has 0 saturated carbocycles. The molecule has 0 fully saturated rings. The third kappa shape index (κ3) is 5.06. The Morgan fingerprint density at radius 1 is 1.21 bits per heavy atom. The van der Waals surface area contributed by atoms with E-state index in [1.54, 1.807) is 19.1 Å². The molecular formula is C24H26F3N5O2. The first kappa shape index (κ1) is 23.7. The summed E-state index contributed by atoms with van der Waals surface area (Å²) in [6.07, 6.45) is 0.509. The summed E-state index contributed by atoms with van der Waals surface area (Å²) in [5, 5.41) is 8.62. The Balaban J connectivity index is 1.41. The van der Waals surface area contributed by atoms with Crippen molar-refractivity contribution in [3.05, 3.63) is 64.6 Å². The maximum atomic E-state index is 13.5. The average Bonchev–Trinajstić information content (AvgIpc) is 3.20. The maximum absolute atomic E-state index is 13.5. The molecule has 4 rings (SSSR count). The topological polar surface area (TPSA) is 109 Å². The highest BCUT2D eigenvalue weighted by molar-refractivity contribution is 5.92. The largest absolute Gasteiger partial charge is 0.384 e. The molecule has 34 heavy (non-hydrogen) atoms. The molecule has 2 aliphatic rings. The Morgan fingerprint density at radius 3 is 2.76 bits per heavy atom. The number of nitrogens with zero attached hydrogens (tertiary/aromatic N) is 1. The van der Waals surface area contributed by atoms with Crippen molar-refractivity contribution in [2.24, 2.45) is 0 Å². The van der Waals surface area contributed by atoms with Crippen LogP contribution in [0, 0.1) is 5.82 Å². The minimum atomic E-state index is -2.84. The number of alkyl halides is 2. The number of anilines is 1. The smallest absolute Gasteiger partial charge is 0.264 e. The summed E-state index contributed by atoms with van der Waals surface area (Å²) < 4.78 is 40.3. The van der Waals surface area contributed by atoms with Gasteiger partial charge in [0.15, 0.2) is 0 Å². The molecule has 5 N–H and O–H groups in total. The molecule has 180 valence electrons. The molecule has 1 aromatic carbocycles. The SMILES string of the molecule is C[C@H](NC(=O)C1C=C(c2ccc(F)cc2C(F)F)CCN1)C(=O)N[C@@H]1CCc2nc(N)ccc21. The molecule has 2 heterocycles. The van der Waals surface area contributed by atoms with Gasteiger partial charge in [-0.2, -0.15) is 0 Å². The average molecular weight is 473 g/mol. The number of hydrogen-bond acceptors (Lipinski definition) is 5. The molecule has 3 atom stereocenters. The highest BCUT2D eigenvalue weighted by Crippen LogP contribution is 2.32. The summed E-state index contributed by atoms with van der Waals surface area (Å²) in [5.74, 6) is -1.12. The number of amides is 2. The van der Waals surface area contributed by atoms with E-state index in [1.807, 2.05) is 6.07 Å². The number of nitrogen functional groups attached to an aromatic ring is 1. The standard InChI is InChI=1S/C24H26F3N5O2/c1-12(23(33)32-19-6-5-18-16(19)4-7-21(28)31-18)30-24(34)20-10-13(8-9-29-20)15-3-2-14(25)11-17(15)22(26)27/h2-4,7,10-12,19-20,22,29H,5-6,8-9H2,1H3,(H2,28,31)(H,30,34)(H,32,33)/t12-,19+,20?/m0/s1. The minimum absolute atomic E-state index is 0.208. The lowest BCUT2D eigenvalue weighted by atomic mass is 9.93. The van der Waals surface area contributed by atoms with Gasteiger partial charge in [0.05, 0.1) is 6.04 Å². The van der Waals surface area contributed by atoms with Crippen LogP contribution >= 0.6 is 0 Å². The fourth-order valence-electron chi connectivity index (χ4n) is 4.40. The zero-order valence-electron chi connectivity index (χ0n) is 18.6. The van der Waals surface area contributed by atoms with Crippen LogP contribution in [-0.2, 0) is 16.0 Å². The number of rotatable bonds is 6. The quantitative estimate of drug-likeness (QED) is 0.516. The minimum Gasteiger partial charge on any atom is -0.384 e. The van der Waals surface area contributed by atoms with Gasteiger partial charge in [-0.1, -0.05) is 18.2 Å². The van der Waals surface area contributed by atoms with Gasteiger partial charge in [0.2, 0.25) is 11.8 Å². The zero-order valence-corrected chi connectivity index (χ0v) is 18.6.